The third-order valence-corrected chi connectivity index (χ3v) is 2.53. The summed E-state index contributed by atoms with van der Waals surface area (Å²) in [6.45, 7) is 5.25. The van der Waals surface area contributed by atoms with E-state index in [-0.39, 0.29) is 5.91 Å². The van der Waals surface area contributed by atoms with E-state index in [1.165, 1.54) is 0 Å². The van der Waals surface area contributed by atoms with E-state index in [4.69, 9.17) is 0 Å². The minimum atomic E-state index is 0.0384. The van der Waals surface area contributed by atoms with Gasteiger partial charge in [0, 0.05) is 32.4 Å². The molecule has 0 saturated carbocycles. The summed E-state index contributed by atoms with van der Waals surface area (Å²) < 4.78 is 0. The van der Waals surface area contributed by atoms with Gasteiger partial charge in [-0.1, -0.05) is 6.07 Å². The fourth-order valence-electron chi connectivity index (χ4n) is 1.62. The highest BCUT2D eigenvalue weighted by atomic mass is 16.2. The molecule has 0 bridgehead atoms. The minimum absolute atomic E-state index is 0.0384. The van der Waals surface area contributed by atoms with Crippen LogP contribution in [0.25, 0.3) is 0 Å². The molecule has 15 heavy (non-hydrogen) atoms. The number of pyridine rings is 1. The van der Waals surface area contributed by atoms with Crippen LogP contribution in [0.2, 0.25) is 0 Å². The molecule has 1 fully saturated rings. The standard InChI is InChI=1S/C11H15N3O/c1-9-2-3-10(13-8-9)11(15)14-6-4-12-5-7-14/h2-3,8,12H,4-7H2,1H3. The molecule has 0 atom stereocenters. The normalized spacial score (nSPS) is 16.5. The van der Waals surface area contributed by atoms with Crippen molar-refractivity contribution in [3.05, 3.63) is 29.6 Å². The number of nitrogens with one attached hydrogen (secondary N) is 1. The zero-order chi connectivity index (χ0) is 10.7. The van der Waals surface area contributed by atoms with E-state index in [1.54, 1.807) is 12.3 Å². The Balaban J connectivity index is 2.09. The highest BCUT2D eigenvalue weighted by molar-refractivity contribution is 5.92. The topological polar surface area (TPSA) is 45.2 Å². The Morgan fingerprint density at radius 3 is 2.73 bits per heavy atom. The second-order valence-corrected chi connectivity index (χ2v) is 3.76. The van der Waals surface area contributed by atoms with E-state index in [2.05, 4.69) is 10.3 Å². The SMILES string of the molecule is Cc1ccc(C(=O)N2CCNCC2)nc1. The summed E-state index contributed by atoms with van der Waals surface area (Å²) in [4.78, 5) is 17.9. The molecule has 1 saturated heterocycles. The maximum Gasteiger partial charge on any atom is 0.272 e. The number of aromatic nitrogens is 1. The first-order valence-corrected chi connectivity index (χ1v) is 5.20. The van der Waals surface area contributed by atoms with Crippen molar-refractivity contribution in [2.45, 2.75) is 6.92 Å². The summed E-state index contributed by atoms with van der Waals surface area (Å²) in [5, 5.41) is 3.22. The van der Waals surface area contributed by atoms with Gasteiger partial charge < -0.3 is 10.2 Å². The van der Waals surface area contributed by atoms with Crippen molar-refractivity contribution in [3.63, 3.8) is 0 Å². The smallest absolute Gasteiger partial charge is 0.272 e. The van der Waals surface area contributed by atoms with E-state index < -0.39 is 0 Å². The number of hydrogen-bond acceptors (Lipinski definition) is 3. The van der Waals surface area contributed by atoms with Crippen molar-refractivity contribution < 1.29 is 4.79 Å². The number of nitrogens with zero attached hydrogens (tertiary/aromatic N) is 2. The summed E-state index contributed by atoms with van der Waals surface area (Å²) in [6, 6.07) is 3.71. The Bertz CT molecular complexity index is 341. The second-order valence-electron chi connectivity index (χ2n) is 3.76. The third kappa shape index (κ3) is 2.33. The second kappa shape index (κ2) is 4.40. The van der Waals surface area contributed by atoms with E-state index in [9.17, 15) is 4.79 Å². The van der Waals surface area contributed by atoms with Crippen LogP contribution in [0, 0.1) is 6.92 Å². The summed E-state index contributed by atoms with van der Waals surface area (Å²) in [5.41, 5.74) is 1.62. The Morgan fingerprint density at radius 1 is 1.40 bits per heavy atom. The highest BCUT2D eigenvalue weighted by Gasteiger charge is 2.18. The molecule has 80 valence electrons. The number of rotatable bonds is 1. The lowest BCUT2D eigenvalue weighted by atomic mass is 10.2. The molecular weight excluding hydrogens is 190 g/mol. The van der Waals surface area contributed by atoms with Crippen LogP contribution in [0.15, 0.2) is 18.3 Å². The first-order valence-electron chi connectivity index (χ1n) is 5.20. The maximum atomic E-state index is 11.9. The molecule has 1 aromatic heterocycles. The van der Waals surface area contributed by atoms with Crippen molar-refractivity contribution in [3.8, 4) is 0 Å². The van der Waals surface area contributed by atoms with Gasteiger partial charge >= 0.3 is 0 Å². The molecule has 2 rings (SSSR count). The zero-order valence-corrected chi connectivity index (χ0v) is 8.86. The molecule has 1 N–H and O–H groups in total. The molecule has 0 radical (unpaired) electrons. The molecular formula is C11H15N3O. The van der Waals surface area contributed by atoms with Crippen LogP contribution in [-0.2, 0) is 0 Å². The van der Waals surface area contributed by atoms with Gasteiger partial charge in [-0.2, -0.15) is 0 Å². The van der Waals surface area contributed by atoms with Crippen LogP contribution in [-0.4, -0.2) is 42.0 Å². The number of hydrogen-bond donors (Lipinski definition) is 1. The third-order valence-electron chi connectivity index (χ3n) is 2.53. The van der Waals surface area contributed by atoms with Crippen LogP contribution >= 0.6 is 0 Å². The quantitative estimate of drug-likeness (QED) is 0.723. The monoisotopic (exact) mass is 205 g/mol. The van der Waals surface area contributed by atoms with Gasteiger partial charge in [-0.15, -0.1) is 0 Å². The van der Waals surface area contributed by atoms with E-state index in [1.807, 2.05) is 17.9 Å². The van der Waals surface area contributed by atoms with Gasteiger partial charge in [-0.25, -0.2) is 0 Å². The van der Waals surface area contributed by atoms with Gasteiger partial charge in [0.25, 0.3) is 5.91 Å². The summed E-state index contributed by atoms with van der Waals surface area (Å²) in [7, 11) is 0. The van der Waals surface area contributed by atoms with Crippen LogP contribution in [0.4, 0.5) is 0 Å². The fraction of sp³-hybridized carbons (Fsp3) is 0.455. The molecule has 1 aromatic rings. The molecule has 4 nitrogen and oxygen atoms in total. The molecule has 1 amide bonds. The van der Waals surface area contributed by atoms with E-state index in [0.717, 1.165) is 31.7 Å². The minimum Gasteiger partial charge on any atom is -0.335 e. The average molecular weight is 205 g/mol. The largest absolute Gasteiger partial charge is 0.335 e. The predicted molar refractivity (Wildman–Crippen MR) is 57.7 cm³/mol. The number of carbonyl (C=O) groups is 1. The first kappa shape index (κ1) is 10.1. The van der Waals surface area contributed by atoms with Gasteiger partial charge in [-0.05, 0) is 18.6 Å². The average Bonchev–Trinajstić information content (AvgIpc) is 2.30. The van der Waals surface area contributed by atoms with Gasteiger partial charge in [0.1, 0.15) is 5.69 Å². The maximum absolute atomic E-state index is 11.9. The number of amides is 1. The Labute approximate surface area is 89.3 Å². The lowest BCUT2D eigenvalue weighted by molar-refractivity contribution is 0.0730. The lowest BCUT2D eigenvalue weighted by Gasteiger charge is -2.27. The van der Waals surface area contributed by atoms with Crippen LogP contribution in [0.5, 0.6) is 0 Å². The predicted octanol–water partition coefficient (Wildman–Crippen LogP) is 0.435. The summed E-state index contributed by atoms with van der Waals surface area (Å²) in [5.74, 6) is 0.0384. The van der Waals surface area contributed by atoms with Gasteiger partial charge in [0.2, 0.25) is 0 Å². The molecule has 1 aliphatic heterocycles. The van der Waals surface area contributed by atoms with Crippen molar-refractivity contribution in [1.82, 2.24) is 15.2 Å². The number of piperazine rings is 1. The van der Waals surface area contributed by atoms with Crippen molar-refractivity contribution >= 4 is 5.91 Å². The summed E-state index contributed by atoms with van der Waals surface area (Å²) >= 11 is 0. The first-order chi connectivity index (χ1) is 7.27. The van der Waals surface area contributed by atoms with Crippen molar-refractivity contribution in [2.75, 3.05) is 26.2 Å². The van der Waals surface area contributed by atoms with Crippen molar-refractivity contribution in [1.29, 1.82) is 0 Å². The highest BCUT2D eigenvalue weighted by Crippen LogP contribution is 2.04. The van der Waals surface area contributed by atoms with Crippen LogP contribution in [0.3, 0.4) is 0 Å². The molecule has 4 heteroatoms. The van der Waals surface area contributed by atoms with E-state index >= 15 is 0 Å². The van der Waals surface area contributed by atoms with Crippen molar-refractivity contribution in [2.24, 2.45) is 0 Å². The Kier molecular flexibility index (Phi) is 2.97. The molecule has 2 heterocycles. The lowest BCUT2D eigenvalue weighted by Crippen LogP contribution is -2.46. The molecule has 0 aromatic carbocycles. The molecule has 0 unspecified atom stereocenters. The molecule has 0 aliphatic carbocycles. The van der Waals surface area contributed by atoms with Gasteiger partial charge in [0.05, 0.1) is 0 Å². The van der Waals surface area contributed by atoms with Crippen LogP contribution in [0.1, 0.15) is 16.1 Å². The zero-order valence-electron chi connectivity index (χ0n) is 8.86. The van der Waals surface area contributed by atoms with Crippen LogP contribution < -0.4 is 5.32 Å². The van der Waals surface area contributed by atoms with Gasteiger partial charge in [0.15, 0.2) is 0 Å². The Morgan fingerprint density at radius 2 is 2.13 bits per heavy atom. The number of carbonyl (C=O) groups excluding carboxylic acids is 1. The molecule has 0 spiro atoms. The van der Waals surface area contributed by atoms with Gasteiger partial charge in [-0.3, -0.25) is 9.78 Å². The number of aryl methyl sites for hydroxylation is 1. The molecule has 1 aliphatic rings. The van der Waals surface area contributed by atoms with E-state index in [0.29, 0.717) is 5.69 Å². The summed E-state index contributed by atoms with van der Waals surface area (Å²) in [6.07, 6.45) is 1.73. The fourth-order valence-corrected chi connectivity index (χ4v) is 1.62. The Hall–Kier alpha value is -1.42.